The van der Waals surface area contributed by atoms with Gasteiger partial charge in [-0.25, -0.2) is 14.6 Å². The minimum Gasteiger partial charge on any atom is -0.493 e. The Morgan fingerprint density at radius 1 is 0.935 bits per heavy atom. The number of fused-ring (bicyclic) bond motifs is 1. The van der Waals surface area contributed by atoms with E-state index < -0.39 is 0 Å². The van der Waals surface area contributed by atoms with Crippen LogP contribution in [0.2, 0.25) is 0 Å². The Kier molecular flexibility index (Phi) is 4.88. The Labute approximate surface area is 179 Å². The molecule has 0 saturated carbocycles. The number of pyridine rings is 1. The van der Waals surface area contributed by atoms with Crippen LogP contribution in [-0.4, -0.2) is 28.4 Å². The van der Waals surface area contributed by atoms with Crippen molar-refractivity contribution in [3.63, 3.8) is 0 Å². The summed E-state index contributed by atoms with van der Waals surface area (Å²) in [4.78, 5) is 29.6. The van der Waals surface area contributed by atoms with Crippen LogP contribution < -0.4 is 11.4 Å². The highest BCUT2D eigenvalue weighted by Crippen LogP contribution is 2.23. The van der Waals surface area contributed by atoms with Gasteiger partial charge in [0.2, 0.25) is 5.88 Å². The van der Waals surface area contributed by atoms with Crippen LogP contribution in [0, 0.1) is 5.41 Å². The van der Waals surface area contributed by atoms with Crippen LogP contribution in [0.25, 0.3) is 22.4 Å². The van der Waals surface area contributed by atoms with E-state index in [1.165, 1.54) is 22.4 Å². The van der Waals surface area contributed by atoms with E-state index in [1.807, 2.05) is 36.4 Å². The lowest BCUT2D eigenvalue weighted by Gasteiger charge is -2.18. The molecule has 31 heavy (non-hydrogen) atoms. The summed E-state index contributed by atoms with van der Waals surface area (Å²) in [5.41, 5.74) is 3.75. The standard InChI is InChI=1S/C23H27N5O3/c1-23(2,3)14-28-18-11-10-17(24-20(18)26(5)22(28)31)16-8-6-15(7-9-16)12-27-13-19(29)25(4)21(27)30/h6-11,13,29H,12,14H2,1-5H3. The largest absolute Gasteiger partial charge is 0.493 e. The summed E-state index contributed by atoms with van der Waals surface area (Å²) in [6.45, 7) is 7.29. The normalized spacial score (nSPS) is 12.0. The molecule has 8 nitrogen and oxygen atoms in total. The van der Waals surface area contributed by atoms with Gasteiger partial charge in [-0.15, -0.1) is 0 Å². The number of benzene rings is 1. The molecule has 0 unspecified atom stereocenters. The zero-order valence-corrected chi connectivity index (χ0v) is 18.5. The van der Waals surface area contributed by atoms with Crippen LogP contribution in [0.15, 0.2) is 52.2 Å². The van der Waals surface area contributed by atoms with E-state index >= 15 is 0 Å². The Hall–Kier alpha value is -3.55. The second-order valence-corrected chi connectivity index (χ2v) is 9.18. The fraction of sp³-hybridized carbons (Fsp3) is 0.348. The smallest absolute Gasteiger partial charge is 0.331 e. The molecule has 0 fully saturated rings. The molecular weight excluding hydrogens is 394 g/mol. The first-order chi connectivity index (χ1) is 14.5. The number of aryl methyl sites for hydroxylation is 1. The molecule has 162 valence electrons. The average Bonchev–Trinajstić information content (AvgIpc) is 3.10. The van der Waals surface area contributed by atoms with E-state index in [-0.39, 0.29) is 22.7 Å². The zero-order chi connectivity index (χ0) is 22.5. The number of imidazole rings is 2. The molecule has 0 aliphatic carbocycles. The highest BCUT2D eigenvalue weighted by molar-refractivity contribution is 5.76. The van der Waals surface area contributed by atoms with Crippen molar-refractivity contribution in [3.8, 4) is 17.1 Å². The third kappa shape index (κ3) is 3.81. The highest BCUT2D eigenvalue weighted by Gasteiger charge is 2.19. The molecular formula is C23H27N5O3. The van der Waals surface area contributed by atoms with E-state index in [9.17, 15) is 14.7 Å². The third-order valence-corrected chi connectivity index (χ3v) is 5.36. The molecule has 0 aliphatic rings. The van der Waals surface area contributed by atoms with Crippen LogP contribution in [0.4, 0.5) is 0 Å². The number of aromatic hydroxyl groups is 1. The number of nitrogens with zero attached hydrogens (tertiary/aromatic N) is 5. The zero-order valence-electron chi connectivity index (χ0n) is 18.5. The first-order valence-corrected chi connectivity index (χ1v) is 10.2. The van der Waals surface area contributed by atoms with Crippen molar-refractivity contribution < 1.29 is 5.11 Å². The summed E-state index contributed by atoms with van der Waals surface area (Å²) in [6, 6.07) is 11.6. The Morgan fingerprint density at radius 3 is 2.19 bits per heavy atom. The maximum atomic E-state index is 12.7. The summed E-state index contributed by atoms with van der Waals surface area (Å²) < 4.78 is 6.03. The predicted octanol–water partition coefficient (Wildman–Crippen LogP) is 2.70. The van der Waals surface area contributed by atoms with Crippen LogP contribution >= 0.6 is 0 Å². The molecule has 1 aromatic carbocycles. The molecule has 0 aliphatic heterocycles. The van der Waals surface area contributed by atoms with Crippen molar-refractivity contribution in [1.29, 1.82) is 0 Å². The molecule has 0 atom stereocenters. The van der Waals surface area contributed by atoms with Gasteiger partial charge < -0.3 is 5.11 Å². The monoisotopic (exact) mass is 421 g/mol. The molecule has 0 spiro atoms. The number of hydrogen-bond donors (Lipinski definition) is 1. The Balaban J connectivity index is 1.66. The van der Waals surface area contributed by atoms with E-state index in [0.717, 1.165) is 22.3 Å². The van der Waals surface area contributed by atoms with Crippen molar-refractivity contribution in [1.82, 2.24) is 23.3 Å². The molecule has 4 rings (SSSR count). The van der Waals surface area contributed by atoms with Crippen molar-refractivity contribution in [2.24, 2.45) is 19.5 Å². The topological polar surface area (TPSA) is 87.0 Å². The first-order valence-electron chi connectivity index (χ1n) is 10.2. The highest BCUT2D eigenvalue weighted by atomic mass is 16.3. The van der Waals surface area contributed by atoms with Crippen LogP contribution in [-0.2, 0) is 27.2 Å². The van der Waals surface area contributed by atoms with Gasteiger partial charge in [-0.1, -0.05) is 45.0 Å². The Bertz CT molecular complexity index is 1380. The van der Waals surface area contributed by atoms with Crippen LogP contribution in [0.1, 0.15) is 26.3 Å². The van der Waals surface area contributed by atoms with E-state index in [2.05, 4.69) is 20.8 Å². The summed E-state index contributed by atoms with van der Waals surface area (Å²) in [7, 11) is 3.28. The number of rotatable bonds is 4. The van der Waals surface area contributed by atoms with Gasteiger partial charge in [0, 0.05) is 26.2 Å². The summed E-state index contributed by atoms with van der Waals surface area (Å²) in [6.07, 6.45) is 1.43. The fourth-order valence-electron chi connectivity index (χ4n) is 3.72. The van der Waals surface area contributed by atoms with E-state index in [1.54, 1.807) is 16.2 Å². The van der Waals surface area contributed by atoms with Gasteiger partial charge in [-0.05, 0) is 23.1 Å². The SMILES string of the molecule is Cn1c(O)cn(Cc2ccc(-c3ccc4c(n3)n(C)c(=O)n4CC(C)(C)C)cc2)c1=O. The Morgan fingerprint density at radius 2 is 1.61 bits per heavy atom. The minimum atomic E-state index is -0.269. The second-order valence-electron chi connectivity index (χ2n) is 9.18. The molecule has 3 heterocycles. The molecule has 0 amide bonds. The van der Waals surface area contributed by atoms with Crippen molar-refractivity contribution in [3.05, 3.63) is 69.1 Å². The molecule has 3 aromatic heterocycles. The van der Waals surface area contributed by atoms with Crippen molar-refractivity contribution >= 4 is 11.2 Å². The summed E-state index contributed by atoms with van der Waals surface area (Å²) in [5, 5.41) is 9.69. The lowest BCUT2D eigenvalue weighted by atomic mass is 9.97. The van der Waals surface area contributed by atoms with Crippen molar-refractivity contribution in [2.45, 2.75) is 33.9 Å². The lowest BCUT2D eigenvalue weighted by molar-refractivity contribution is 0.342. The van der Waals surface area contributed by atoms with Gasteiger partial charge in [0.05, 0.1) is 24.0 Å². The van der Waals surface area contributed by atoms with Crippen LogP contribution in [0.5, 0.6) is 5.88 Å². The number of hydrogen-bond acceptors (Lipinski definition) is 4. The minimum absolute atomic E-state index is 0.0237. The summed E-state index contributed by atoms with van der Waals surface area (Å²) in [5.74, 6) is -0.0665. The van der Waals surface area contributed by atoms with Gasteiger partial charge in [0.1, 0.15) is 0 Å². The predicted molar refractivity (Wildman–Crippen MR) is 120 cm³/mol. The average molecular weight is 422 g/mol. The molecule has 1 N–H and O–H groups in total. The van der Waals surface area contributed by atoms with Crippen molar-refractivity contribution in [2.75, 3.05) is 0 Å². The number of aromatic nitrogens is 5. The molecule has 0 saturated heterocycles. The third-order valence-electron chi connectivity index (χ3n) is 5.36. The summed E-state index contributed by atoms with van der Waals surface area (Å²) >= 11 is 0. The van der Waals surface area contributed by atoms with Gasteiger partial charge in [-0.3, -0.25) is 18.3 Å². The maximum Gasteiger partial charge on any atom is 0.331 e. The maximum absolute atomic E-state index is 12.7. The quantitative estimate of drug-likeness (QED) is 0.549. The fourth-order valence-corrected chi connectivity index (χ4v) is 3.72. The molecule has 0 bridgehead atoms. The van der Waals surface area contributed by atoms with E-state index in [0.29, 0.717) is 18.7 Å². The molecule has 4 aromatic rings. The van der Waals surface area contributed by atoms with Gasteiger partial charge in [0.15, 0.2) is 5.65 Å². The van der Waals surface area contributed by atoms with E-state index in [4.69, 9.17) is 4.98 Å². The van der Waals surface area contributed by atoms with Gasteiger partial charge in [-0.2, -0.15) is 0 Å². The van der Waals surface area contributed by atoms with Crippen LogP contribution in [0.3, 0.4) is 0 Å². The molecule has 0 radical (unpaired) electrons. The van der Waals surface area contributed by atoms with Gasteiger partial charge >= 0.3 is 11.4 Å². The first kappa shape index (κ1) is 20.7. The molecule has 8 heteroatoms. The van der Waals surface area contributed by atoms with Gasteiger partial charge in [0.25, 0.3) is 0 Å². The lowest BCUT2D eigenvalue weighted by Crippen LogP contribution is -2.27. The second kappa shape index (κ2) is 7.30.